The lowest BCUT2D eigenvalue weighted by molar-refractivity contribution is -0.158. The molecule has 1 rings (SSSR count). The number of aromatic amines is 1. The molecule has 0 aliphatic rings. The Morgan fingerprint density at radius 2 is 2.35 bits per heavy atom. The van der Waals surface area contributed by atoms with E-state index < -0.39 is 11.6 Å². The molecule has 1 unspecified atom stereocenters. The molecule has 0 fully saturated rings. The Morgan fingerprint density at radius 1 is 1.71 bits per heavy atom. The highest BCUT2D eigenvalue weighted by atomic mass is 32.2. The van der Waals surface area contributed by atoms with Crippen LogP contribution in [0, 0.1) is 0 Å². The maximum Gasteiger partial charge on any atom is 0.343 e. The second-order valence-corrected chi connectivity index (χ2v) is 4.55. The summed E-state index contributed by atoms with van der Waals surface area (Å²) < 4.78 is 5.88. The number of aromatic nitrogens is 3. The van der Waals surface area contributed by atoms with Crippen molar-refractivity contribution in [2.75, 3.05) is 12.9 Å². The van der Waals surface area contributed by atoms with Crippen LogP contribution in [-0.4, -0.2) is 44.3 Å². The standard InChI is InChI=1S/C9H15N3O4S/c1-4-12-7(14)10-11-8(12)17-5-9(2,15)6(13)16-3/h15H,4-5H2,1-3H3,(H,10,14). The molecule has 1 heterocycles. The Balaban J connectivity index is 2.73. The predicted molar refractivity (Wildman–Crippen MR) is 61.9 cm³/mol. The molecule has 0 bridgehead atoms. The number of ether oxygens (including phenoxy) is 1. The van der Waals surface area contributed by atoms with E-state index in [2.05, 4.69) is 14.9 Å². The Labute approximate surface area is 102 Å². The van der Waals surface area contributed by atoms with Gasteiger partial charge in [0.2, 0.25) is 0 Å². The van der Waals surface area contributed by atoms with E-state index in [1.54, 1.807) is 6.92 Å². The molecule has 1 aromatic rings. The SMILES string of the molecule is CCn1c(SCC(C)(O)C(=O)OC)n[nH]c1=O. The monoisotopic (exact) mass is 261 g/mol. The highest BCUT2D eigenvalue weighted by Crippen LogP contribution is 2.20. The predicted octanol–water partition coefficient (Wildman–Crippen LogP) is -0.393. The quantitative estimate of drug-likeness (QED) is 0.553. The highest BCUT2D eigenvalue weighted by Gasteiger charge is 2.32. The average Bonchev–Trinajstić information content (AvgIpc) is 2.66. The van der Waals surface area contributed by atoms with Crippen molar-refractivity contribution in [3.8, 4) is 0 Å². The molecule has 0 radical (unpaired) electrons. The Bertz CT molecular complexity index is 451. The van der Waals surface area contributed by atoms with Crippen LogP contribution in [0.5, 0.6) is 0 Å². The van der Waals surface area contributed by atoms with Gasteiger partial charge in [0.05, 0.1) is 7.11 Å². The average molecular weight is 261 g/mol. The van der Waals surface area contributed by atoms with Crippen molar-refractivity contribution >= 4 is 17.7 Å². The summed E-state index contributed by atoms with van der Waals surface area (Å²) in [6.07, 6.45) is 0. The number of carbonyl (C=O) groups excluding carboxylic acids is 1. The van der Waals surface area contributed by atoms with Gasteiger partial charge in [-0.2, -0.15) is 0 Å². The van der Waals surface area contributed by atoms with Gasteiger partial charge in [0.1, 0.15) is 0 Å². The number of hydrogen-bond donors (Lipinski definition) is 2. The van der Waals surface area contributed by atoms with Crippen molar-refractivity contribution < 1.29 is 14.6 Å². The zero-order valence-electron chi connectivity index (χ0n) is 9.89. The number of nitrogens with one attached hydrogen (secondary N) is 1. The first-order valence-electron chi connectivity index (χ1n) is 5.01. The van der Waals surface area contributed by atoms with E-state index in [1.807, 2.05) is 0 Å². The molecule has 1 aromatic heterocycles. The molecule has 7 nitrogen and oxygen atoms in total. The number of aliphatic hydroxyl groups is 1. The lowest BCUT2D eigenvalue weighted by atomic mass is 10.1. The first kappa shape index (κ1) is 13.8. The van der Waals surface area contributed by atoms with E-state index in [0.29, 0.717) is 11.7 Å². The lowest BCUT2D eigenvalue weighted by Gasteiger charge is -2.18. The molecule has 2 N–H and O–H groups in total. The van der Waals surface area contributed by atoms with Gasteiger partial charge >= 0.3 is 11.7 Å². The summed E-state index contributed by atoms with van der Waals surface area (Å²) in [5.74, 6) is -0.657. The van der Waals surface area contributed by atoms with E-state index in [4.69, 9.17) is 0 Å². The first-order chi connectivity index (χ1) is 7.92. The molecule has 96 valence electrons. The third-order valence-corrected chi connectivity index (χ3v) is 3.42. The number of H-pyrrole nitrogens is 1. The number of hydrogen-bond acceptors (Lipinski definition) is 6. The first-order valence-corrected chi connectivity index (χ1v) is 5.99. The van der Waals surface area contributed by atoms with Crippen molar-refractivity contribution in [3.05, 3.63) is 10.5 Å². The van der Waals surface area contributed by atoms with Crippen LogP contribution < -0.4 is 5.69 Å². The summed E-state index contributed by atoms with van der Waals surface area (Å²) >= 11 is 1.11. The number of esters is 1. The van der Waals surface area contributed by atoms with Crippen molar-refractivity contribution in [1.29, 1.82) is 0 Å². The highest BCUT2D eigenvalue weighted by molar-refractivity contribution is 7.99. The smallest absolute Gasteiger partial charge is 0.343 e. The zero-order chi connectivity index (χ0) is 13.1. The molecular formula is C9H15N3O4S. The minimum Gasteiger partial charge on any atom is -0.467 e. The number of rotatable bonds is 5. The number of nitrogens with zero attached hydrogens (tertiary/aromatic N) is 2. The van der Waals surface area contributed by atoms with Crippen LogP contribution in [0.3, 0.4) is 0 Å². The summed E-state index contributed by atoms with van der Waals surface area (Å²) in [5.41, 5.74) is -1.92. The molecule has 0 aromatic carbocycles. The van der Waals surface area contributed by atoms with Crippen LogP contribution in [0.2, 0.25) is 0 Å². The van der Waals surface area contributed by atoms with Crippen molar-refractivity contribution in [2.24, 2.45) is 0 Å². The molecule has 0 spiro atoms. The van der Waals surface area contributed by atoms with E-state index in [0.717, 1.165) is 11.8 Å². The van der Waals surface area contributed by atoms with Crippen LogP contribution in [0.1, 0.15) is 13.8 Å². The van der Waals surface area contributed by atoms with Crippen molar-refractivity contribution in [1.82, 2.24) is 14.8 Å². The van der Waals surface area contributed by atoms with Gasteiger partial charge in [-0.15, -0.1) is 5.10 Å². The van der Waals surface area contributed by atoms with E-state index in [9.17, 15) is 14.7 Å². The fraction of sp³-hybridized carbons (Fsp3) is 0.667. The van der Waals surface area contributed by atoms with E-state index >= 15 is 0 Å². The van der Waals surface area contributed by atoms with Crippen LogP contribution in [0.4, 0.5) is 0 Å². The summed E-state index contributed by atoms with van der Waals surface area (Å²) in [4.78, 5) is 22.5. The maximum absolute atomic E-state index is 11.3. The molecule has 8 heteroatoms. The van der Waals surface area contributed by atoms with Crippen LogP contribution in [0.15, 0.2) is 9.95 Å². The molecular weight excluding hydrogens is 246 g/mol. The minimum atomic E-state index is -1.60. The Hall–Kier alpha value is -1.28. The van der Waals surface area contributed by atoms with Gasteiger partial charge < -0.3 is 9.84 Å². The second-order valence-electron chi connectivity index (χ2n) is 3.61. The number of carbonyl (C=O) groups is 1. The topological polar surface area (TPSA) is 97.2 Å². The summed E-state index contributed by atoms with van der Waals surface area (Å²) in [6, 6.07) is 0. The van der Waals surface area contributed by atoms with Gasteiger partial charge in [-0.3, -0.25) is 4.57 Å². The van der Waals surface area contributed by atoms with Gasteiger partial charge in [-0.1, -0.05) is 11.8 Å². The molecule has 0 amide bonds. The molecule has 0 aliphatic heterocycles. The lowest BCUT2D eigenvalue weighted by Crippen LogP contribution is -2.38. The van der Waals surface area contributed by atoms with Gasteiger partial charge in [0.25, 0.3) is 0 Å². The molecule has 0 aliphatic carbocycles. The third kappa shape index (κ3) is 3.10. The fourth-order valence-electron chi connectivity index (χ4n) is 1.18. The van der Waals surface area contributed by atoms with E-state index in [1.165, 1.54) is 18.6 Å². The minimum absolute atomic E-state index is 0.0595. The zero-order valence-corrected chi connectivity index (χ0v) is 10.7. The van der Waals surface area contributed by atoms with Gasteiger partial charge in [0.15, 0.2) is 10.8 Å². The molecule has 17 heavy (non-hydrogen) atoms. The Morgan fingerprint density at radius 3 is 2.88 bits per heavy atom. The van der Waals surface area contributed by atoms with Crippen LogP contribution >= 0.6 is 11.8 Å². The Kier molecular flexibility index (Phi) is 4.35. The van der Waals surface area contributed by atoms with Crippen LogP contribution in [-0.2, 0) is 16.1 Å². The maximum atomic E-state index is 11.3. The van der Waals surface area contributed by atoms with Crippen LogP contribution in [0.25, 0.3) is 0 Å². The fourth-order valence-corrected chi connectivity index (χ4v) is 2.18. The number of thioether (sulfide) groups is 1. The third-order valence-electron chi connectivity index (χ3n) is 2.15. The van der Waals surface area contributed by atoms with Crippen molar-refractivity contribution in [2.45, 2.75) is 31.1 Å². The molecule has 0 saturated heterocycles. The number of methoxy groups -OCH3 is 1. The van der Waals surface area contributed by atoms with E-state index in [-0.39, 0.29) is 11.4 Å². The summed E-state index contributed by atoms with van der Waals surface area (Å²) in [5, 5.41) is 16.3. The van der Waals surface area contributed by atoms with Gasteiger partial charge in [-0.05, 0) is 13.8 Å². The second kappa shape index (κ2) is 5.37. The van der Waals surface area contributed by atoms with Gasteiger partial charge in [-0.25, -0.2) is 14.7 Å². The van der Waals surface area contributed by atoms with Gasteiger partial charge in [0, 0.05) is 12.3 Å². The largest absolute Gasteiger partial charge is 0.467 e. The summed E-state index contributed by atoms with van der Waals surface area (Å²) in [6.45, 7) is 3.63. The normalized spacial score (nSPS) is 14.4. The summed E-state index contributed by atoms with van der Waals surface area (Å²) in [7, 11) is 1.21. The molecule has 1 atom stereocenters. The van der Waals surface area contributed by atoms with Crippen molar-refractivity contribution in [3.63, 3.8) is 0 Å². The molecule has 0 saturated carbocycles.